The highest BCUT2D eigenvalue weighted by Crippen LogP contribution is 2.33. The standard InChI is InChI=1S/C16H14ClN3O3/c17-14-3-12-10(8-21)4-19-15(13(12)5-18-14)23-11-6-20(7-11)16(22)9-1-2-9/h3-5,8-9,11H,1-2,6-7H2. The quantitative estimate of drug-likeness (QED) is 0.633. The normalized spacial score (nSPS) is 17.9. The Hall–Kier alpha value is -2.21. The van der Waals surface area contributed by atoms with Gasteiger partial charge in [-0.15, -0.1) is 0 Å². The van der Waals surface area contributed by atoms with Crippen molar-refractivity contribution in [3.63, 3.8) is 0 Å². The van der Waals surface area contributed by atoms with Crippen LogP contribution >= 0.6 is 11.6 Å². The molecule has 3 heterocycles. The highest BCUT2D eigenvalue weighted by atomic mass is 35.5. The lowest BCUT2D eigenvalue weighted by Gasteiger charge is -2.39. The van der Waals surface area contributed by atoms with Gasteiger partial charge in [-0.1, -0.05) is 11.6 Å². The maximum Gasteiger partial charge on any atom is 0.225 e. The van der Waals surface area contributed by atoms with Crippen molar-refractivity contribution < 1.29 is 14.3 Å². The first-order chi connectivity index (χ1) is 11.2. The number of carbonyl (C=O) groups is 2. The molecule has 2 fully saturated rings. The first-order valence-corrected chi connectivity index (χ1v) is 7.88. The van der Waals surface area contributed by atoms with Crippen LogP contribution in [0.25, 0.3) is 10.8 Å². The maximum absolute atomic E-state index is 11.9. The van der Waals surface area contributed by atoms with E-state index in [4.69, 9.17) is 16.3 Å². The summed E-state index contributed by atoms with van der Waals surface area (Å²) in [7, 11) is 0. The number of pyridine rings is 2. The van der Waals surface area contributed by atoms with Crippen LogP contribution in [0.1, 0.15) is 23.2 Å². The maximum atomic E-state index is 11.9. The topological polar surface area (TPSA) is 72.4 Å². The minimum atomic E-state index is -0.0776. The highest BCUT2D eigenvalue weighted by molar-refractivity contribution is 6.30. The Morgan fingerprint density at radius 1 is 1.26 bits per heavy atom. The summed E-state index contributed by atoms with van der Waals surface area (Å²) >= 11 is 5.90. The summed E-state index contributed by atoms with van der Waals surface area (Å²) in [5.41, 5.74) is 0.441. The summed E-state index contributed by atoms with van der Waals surface area (Å²) in [5, 5.41) is 1.61. The summed E-state index contributed by atoms with van der Waals surface area (Å²) in [6.07, 6.45) is 5.69. The lowest BCUT2D eigenvalue weighted by Crippen LogP contribution is -2.56. The molecule has 4 rings (SSSR count). The number of carbonyl (C=O) groups excluding carboxylic acids is 2. The van der Waals surface area contributed by atoms with Crippen LogP contribution in [-0.4, -0.2) is 46.3 Å². The number of aromatic nitrogens is 2. The van der Waals surface area contributed by atoms with Gasteiger partial charge in [-0.25, -0.2) is 9.97 Å². The van der Waals surface area contributed by atoms with E-state index in [1.165, 1.54) is 6.20 Å². The number of hydrogen-bond donors (Lipinski definition) is 0. The van der Waals surface area contributed by atoms with Crippen molar-refractivity contribution in [1.29, 1.82) is 0 Å². The predicted octanol–water partition coefficient (Wildman–Crippen LogP) is 2.10. The molecule has 1 amide bonds. The molecule has 0 aromatic carbocycles. The Kier molecular flexibility index (Phi) is 3.41. The molecule has 0 spiro atoms. The number of rotatable bonds is 4. The molecule has 1 aliphatic carbocycles. The molecule has 7 heteroatoms. The van der Waals surface area contributed by atoms with E-state index in [-0.39, 0.29) is 17.9 Å². The molecule has 2 aromatic heterocycles. The highest BCUT2D eigenvalue weighted by Gasteiger charge is 2.40. The van der Waals surface area contributed by atoms with Crippen molar-refractivity contribution in [2.24, 2.45) is 5.92 Å². The molecular formula is C16H14ClN3O3. The molecule has 1 aliphatic heterocycles. The third-order valence-electron chi connectivity index (χ3n) is 4.22. The molecular weight excluding hydrogens is 318 g/mol. The molecule has 1 saturated heterocycles. The summed E-state index contributed by atoms with van der Waals surface area (Å²) < 4.78 is 5.88. The zero-order chi connectivity index (χ0) is 16.0. The zero-order valence-corrected chi connectivity index (χ0v) is 13.0. The fraction of sp³-hybridized carbons (Fsp3) is 0.375. The van der Waals surface area contributed by atoms with Gasteiger partial charge in [-0.3, -0.25) is 9.59 Å². The predicted molar refractivity (Wildman–Crippen MR) is 83.7 cm³/mol. The molecule has 0 N–H and O–H groups in total. The zero-order valence-electron chi connectivity index (χ0n) is 12.2. The first-order valence-electron chi connectivity index (χ1n) is 7.50. The Morgan fingerprint density at radius 2 is 2.04 bits per heavy atom. The minimum Gasteiger partial charge on any atom is -0.470 e. The van der Waals surface area contributed by atoms with Gasteiger partial charge in [0.05, 0.1) is 18.5 Å². The number of hydrogen-bond acceptors (Lipinski definition) is 5. The lowest BCUT2D eigenvalue weighted by molar-refractivity contribution is -0.141. The van der Waals surface area contributed by atoms with E-state index in [0.717, 1.165) is 19.1 Å². The Bertz CT molecular complexity index is 801. The van der Waals surface area contributed by atoms with Gasteiger partial charge < -0.3 is 9.64 Å². The van der Waals surface area contributed by atoms with Crippen LogP contribution in [0, 0.1) is 5.92 Å². The average molecular weight is 332 g/mol. The Balaban J connectivity index is 1.53. The second-order valence-corrected chi connectivity index (χ2v) is 6.33. The van der Waals surface area contributed by atoms with E-state index in [1.54, 1.807) is 12.3 Å². The van der Waals surface area contributed by atoms with Crippen molar-refractivity contribution in [3.05, 3.63) is 29.2 Å². The largest absolute Gasteiger partial charge is 0.470 e. The van der Waals surface area contributed by atoms with Crippen LogP contribution in [0.2, 0.25) is 5.15 Å². The van der Waals surface area contributed by atoms with Crippen molar-refractivity contribution in [2.45, 2.75) is 18.9 Å². The number of ether oxygens (including phenoxy) is 1. The lowest BCUT2D eigenvalue weighted by atomic mass is 10.1. The van der Waals surface area contributed by atoms with Crippen molar-refractivity contribution >= 4 is 34.6 Å². The van der Waals surface area contributed by atoms with E-state index >= 15 is 0 Å². The molecule has 0 unspecified atom stereocenters. The third kappa shape index (κ3) is 2.63. The Labute approximate surface area is 137 Å². The fourth-order valence-corrected chi connectivity index (χ4v) is 2.89. The van der Waals surface area contributed by atoms with Gasteiger partial charge in [0, 0.05) is 29.3 Å². The van der Waals surface area contributed by atoms with Crippen LogP contribution in [0.5, 0.6) is 5.88 Å². The molecule has 23 heavy (non-hydrogen) atoms. The monoisotopic (exact) mass is 331 g/mol. The number of aldehydes is 1. The van der Waals surface area contributed by atoms with Crippen molar-refractivity contribution in [3.8, 4) is 5.88 Å². The summed E-state index contributed by atoms with van der Waals surface area (Å²) in [5.74, 6) is 0.874. The van der Waals surface area contributed by atoms with Gasteiger partial charge in [-0.2, -0.15) is 0 Å². The molecule has 2 aliphatic rings. The van der Waals surface area contributed by atoms with Gasteiger partial charge in [0.1, 0.15) is 11.3 Å². The average Bonchev–Trinajstić information content (AvgIpc) is 3.34. The second-order valence-electron chi connectivity index (χ2n) is 5.95. The van der Waals surface area contributed by atoms with Gasteiger partial charge in [0.15, 0.2) is 6.29 Å². The van der Waals surface area contributed by atoms with E-state index in [0.29, 0.717) is 40.5 Å². The van der Waals surface area contributed by atoms with Crippen molar-refractivity contribution in [1.82, 2.24) is 14.9 Å². The van der Waals surface area contributed by atoms with Crippen LogP contribution in [0.15, 0.2) is 18.5 Å². The van der Waals surface area contributed by atoms with E-state index in [2.05, 4.69) is 9.97 Å². The number of likely N-dealkylation sites (tertiary alicyclic amines) is 1. The second kappa shape index (κ2) is 5.45. The van der Waals surface area contributed by atoms with Crippen LogP contribution in [0.3, 0.4) is 0 Å². The molecule has 0 atom stereocenters. The van der Waals surface area contributed by atoms with Gasteiger partial charge in [0.2, 0.25) is 11.8 Å². The van der Waals surface area contributed by atoms with Gasteiger partial charge in [0.25, 0.3) is 0 Å². The van der Waals surface area contributed by atoms with E-state index in [1.807, 2.05) is 4.90 Å². The molecule has 0 bridgehead atoms. The number of halogens is 1. The van der Waals surface area contributed by atoms with E-state index < -0.39 is 0 Å². The van der Waals surface area contributed by atoms with Crippen LogP contribution in [-0.2, 0) is 4.79 Å². The fourth-order valence-electron chi connectivity index (χ4n) is 2.73. The first kappa shape index (κ1) is 14.4. The summed E-state index contributed by atoms with van der Waals surface area (Å²) in [6, 6.07) is 1.62. The molecule has 0 radical (unpaired) electrons. The number of amides is 1. The third-order valence-corrected chi connectivity index (χ3v) is 4.43. The minimum absolute atomic E-state index is 0.0776. The Morgan fingerprint density at radius 3 is 2.74 bits per heavy atom. The summed E-state index contributed by atoms with van der Waals surface area (Å²) in [4.78, 5) is 33.1. The summed E-state index contributed by atoms with van der Waals surface area (Å²) in [6.45, 7) is 1.16. The smallest absolute Gasteiger partial charge is 0.225 e. The number of nitrogens with zero attached hydrogens (tertiary/aromatic N) is 3. The van der Waals surface area contributed by atoms with E-state index in [9.17, 15) is 9.59 Å². The van der Waals surface area contributed by atoms with Gasteiger partial charge in [-0.05, 0) is 18.9 Å². The van der Waals surface area contributed by atoms with Crippen molar-refractivity contribution in [2.75, 3.05) is 13.1 Å². The molecule has 2 aromatic rings. The van der Waals surface area contributed by atoms with Crippen LogP contribution in [0.4, 0.5) is 0 Å². The molecule has 1 saturated carbocycles. The molecule has 118 valence electrons. The molecule has 6 nitrogen and oxygen atoms in total. The number of fused-ring (bicyclic) bond motifs is 1. The van der Waals surface area contributed by atoms with Gasteiger partial charge >= 0.3 is 0 Å². The SMILES string of the molecule is O=Cc1cnc(OC2CN(C(=O)C3CC3)C2)c2cnc(Cl)cc12. The van der Waals surface area contributed by atoms with Crippen LogP contribution < -0.4 is 4.74 Å².